The van der Waals surface area contributed by atoms with Gasteiger partial charge in [0.1, 0.15) is 5.60 Å². The molecule has 6 nitrogen and oxygen atoms in total. The van der Waals surface area contributed by atoms with Crippen LogP contribution in [-0.4, -0.2) is 39.8 Å². The summed E-state index contributed by atoms with van der Waals surface area (Å²) in [7, 11) is -0.509. The molecule has 0 unspecified atom stereocenters. The average Bonchev–Trinajstić information content (AvgIpc) is 2.95. The Morgan fingerprint density at radius 3 is 2.32 bits per heavy atom. The van der Waals surface area contributed by atoms with Crippen LogP contribution in [0.2, 0.25) is 0 Å². The van der Waals surface area contributed by atoms with E-state index in [1.54, 1.807) is 6.20 Å². The quantitative estimate of drug-likeness (QED) is 0.744. The molecule has 2 aromatic rings. The second kappa shape index (κ2) is 5.57. The van der Waals surface area contributed by atoms with E-state index in [1.165, 1.54) is 4.68 Å². The number of fused-ring (bicyclic) bond motifs is 1. The molecular formula is C18H25BN2O4. The molecule has 1 saturated heterocycles. The number of ether oxygens (including phenoxy) is 1. The molecule has 0 amide bonds. The largest absolute Gasteiger partial charge is 0.495 e. The first-order chi connectivity index (χ1) is 11.4. The van der Waals surface area contributed by atoms with Crippen LogP contribution < -0.4 is 5.46 Å². The van der Waals surface area contributed by atoms with Crippen LogP contribution in [0.5, 0.6) is 0 Å². The van der Waals surface area contributed by atoms with Crippen LogP contribution in [0.4, 0.5) is 4.79 Å². The smallest absolute Gasteiger partial charge is 0.442 e. The lowest BCUT2D eigenvalue weighted by Gasteiger charge is -2.32. The SMILES string of the molecule is CC(C)(C)OC(=O)n1cc2c(B3OC(C)(C)C(C)(C)O3)cccc2n1. The Morgan fingerprint density at radius 1 is 1.16 bits per heavy atom. The second-order valence-corrected chi connectivity index (χ2v) is 8.42. The van der Waals surface area contributed by atoms with E-state index in [9.17, 15) is 4.79 Å². The van der Waals surface area contributed by atoms with Crippen LogP contribution in [0.3, 0.4) is 0 Å². The highest BCUT2D eigenvalue weighted by Crippen LogP contribution is 2.37. The van der Waals surface area contributed by atoms with E-state index in [0.717, 1.165) is 10.8 Å². The Morgan fingerprint density at radius 2 is 1.76 bits per heavy atom. The summed E-state index contributed by atoms with van der Waals surface area (Å²) in [6, 6.07) is 5.67. The molecule has 0 atom stereocenters. The van der Waals surface area contributed by atoms with Crippen molar-refractivity contribution in [2.75, 3.05) is 0 Å². The van der Waals surface area contributed by atoms with Crippen LogP contribution in [-0.2, 0) is 14.0 Å². The molecule has 1 aromatic heterocycles. The van der Waals surface area contributed by atoms with Crippen molar-refractivity contribution in [1.29, 1.82) is 0 Å². The molecule has 0 spiro atoms. The number of rotatable bonds is 1. The van der Waals surface area contributed by atoms with Crippen LogP contribution in [0, 0.1) is 0 Å². The number of carbonyl (C=O) groups excluding carboxylic acids is 1. The van der Waals surface area contributed by atoms with Gasteiger partial charge in [-0.2, -0.15) is 9.78 Å². The van der Waals surface area contributed by atoms with Gasteiger partial charge in [0.2, 0.25) is 0 Å². The van der Waals surface area contributed by atoms with Gasteiger partial charge in [0.25, 0.3) is 0 Å². The van der Waals surface area contributed by atoms with Gasteiger partial charge in [0, 0.05) is 11.6 Å². The zero-order valence-corrected chi connectivity index (χ0v) is 15.9. The standard InChI is InChI=1S/C18H25BN2O4/c1-16(2,3)23-15(22)21-11-12-13(9-8-10-14(12)20-21)19-24-17(4,5)18(6,7)25-19/h8-11H,1-7H3. The number of nitrogens with zero attached hydrogens (tertiary/aromatic N) is 2. The molecule has 7 heteroatoms. The first kappa shape index (κ1) is 18.0. The van der Waals surface area contributed by atoms with Crippen molar-refractivity contribution in [2.24, 2.45) is 0 Å². The van der Waals surface area contributed by atoms with Crippen LogP contribution in [0.15, 0.2) is 24.4 Å². The van der Waals surface area contributed by atoms with E-state index in [4.69, 9.17) is 14.0 Å². The normalized spacial score (nSPS) is 19.4. The summed E-state index contributed by atoms with van der Waals surface area (Å²) in [6.45, 7) is 13.5. The minimum Gasteiger partial charge on any atom is -0.442 e. The molecule has 3 rings (SSSR count). The Balaban J connectivity index is 1.97. The maximum atomic E-state index is 12.3. The van der Waals surface area contributed by atoms with E-state index >= 15 is 0 Å². The lowest BCUT2D eigenvalue weighted by atomic mass is 9.77. The Hall–Kier alpha value is -1.86. The zero-order chi connectivity index (χ0) is 18.6. The maximum absolute atomic E-state index is 12.3. The van der Waals surface area contributed by atoms with Gasteiger partial charge in [0.05, 0.1) is 16.7 Å². The van der Waals surface area contributed by atoms with Crippen molar-refractivity contribution < 1.29 is 18.8 Å². The van der Waals surface area contributed by atoms with Gasteiger partial charge in [-0.05, 0) is 60.0 Å². The Labute approximate surface area is 148 Å². The molecule has 134 valence electrons. The van der Waals surface area contributed by atoms with Gasteiger partial charge >= 0.3 is 13.2 Å². The lowest BCUT2D eigenvalue weighted by molar-refractivity contribution is 0.00578. The Bertz CT molecular complexity index is 804. The first-order valence-corrected chi connectivity index (χ1v) is 8.47. The molecular weight excluding hydrogens is 319 g/mol. The van der Waals surface area contributed by atoms with Gasteiger partial charge < -0.3 is 14.0 Å². The van der Waals surface area contributed by atoms with Crippen LogP contribution in [0.1, 0.15) is 48.5 Å². The lowest BCUT2D eigenvalue weighted by Crippen LogP contribution is -2.41. The fourth-order valence-electron chi connectivity index (χ4n) is 2.64. The molecule has 0 N–H and O–H groups in total. The number of aromatic nitrogens is 2. The molecule has 25 heavy (non-hydrogen) atoms. The zero-order valence-electron chi connectivity index (χ0n) is 15.9. The first-order valence-electron chi connectivity index (χ1n) is 8.47. The average molecular weight is 344 g/mol. The summed E-state index contributed by atoms with van der Waals surface area (Å²) in [5.74, 6) is 0. The predicted molar refractivity (Wildman–Crippen MR) is 97.1 cm³/mol. The topological polar surface area (TPSA) is 62.6 Å². The summed E-state index contributed by atoms with van der Waals surface area (Å²) >= 11 is 0. The summed E-state index contributed by atoms with van der Waals surface area (Å²) in [6.07, 6.45) is 1.16. The van der Waals surface area contributed by atoms with E-state index < -0.39 is 30.0 Å². The minimum absolute atomic E-state index is 0.430. The molecule has 0 aliphatic carbocycles. The highest BCUT2D eigenvalue weighted by Gasteiger charge is 2.52. The molecule has 1 fully saturated rings. The van der Waals surface area contributed by atoms with Crippen LogP contribution >= 0.6 is 0 Å². The number of benzene rings is 1. The number of hydrogen-bond donors (Lipinski definition) is 0. The summed E-state index contributed by atoms with van der Waals surface area (Å²) in [4.78, 5) is 12.3. The number of carbonyl (C=O) groups is 1. The molecule has 0 bridgehead atoms. The Kier molecular flexibility index (Phi) is 4.00. The van der Waals surface area contributed by atoms with E-state index in [2.05, 4.69) is 5.10 Å². The molecule has 1 aromatic carbocycles. The van der Waals surface area contributed by atoms with E-state index in [-0.39, 0.29) is 0 Å². The molecule has 0 saturated carbocycles. The molecule has 0 radical (unpaired) electrons. The summed E-state index contributed by atoms with van der Waals surface area (Å²) in [5, 5.41) is 5.14. The van der Waals surface area contributed by atoms with Gasteiger partial charge in [-0.3, -0.25) is 0 Å². The summed E-state index contributed by atoms with van der Waals surface area (Å²) < 4.78 is 18.9. The second-order valence-electron chi connectivity index (χ2n) is 8.42. The van der Waals surface area contributed by atoms with Gasteiger partial charge in [-0.1, -0.05) is 12.1 Å². The van der Waals surface area contributed by atoms with Gasteiger partial charge in [0.15, 0.2) is 0 Å². The summed E-state index contributed by atoms with van der Waals surface area (Å²) in [5.41, 5.74) is 0.107. The third kappa shape index (κ3) is 3.31. The minimum atomic E-state index is -0.580. The maximum Gasteiger partial charge on any atom is 0.495 e. The third-order valence-electron chi connectivity index (χ3n) is 4.67. The monoisotopic (exact) mass is 344 g/mol. The highest BCUT2D eigenvalue weighted by molar-refractivity contribution is 6.65. The van der Waals surface area contributed by atoms with Crippen molar-refractivity contribution in [1.82, 2.24) is 9.78 Å². The van der Waals surface area contributed by atoms with Crippen molar-refractivity contribution in [3.8, 4) is 0 Å². The highest BCUT2D eigenvalue weighted by atomic mass is 16.7. The molecule has 1 aliphatic heterocycles. The van der Waals surface area contributed by atoms with Crippen molar-refractivity contribution >= 4 is 29.6 Å². The van der Waals surface area contributed by atoms with Crippen molar-refractivity contribution in [2.45, 2.75) is 65.3 Å². The van der Waals surface area contributed by atoms with E-state index in [1.807, 2.05) is 66.7 Å². The van der Waals surface area contributed by atoms with Gasteiger partial charge in [-0.15, -0.1) is 0 Å². The fraction of sp³-hybridized carbons (Fsp3) is 0.556. The van der Waals surface area contributed by atoms with Gasteiger partial charge in [-0.25, -0.2) is 4.79 Å². The third-order valence-corrected chi connectivity index (χ3v) is 4.67. The van der Waals surface area contributed by atoms with E-state index in [0.29, 0.717) is 5.52 Å². The van der Waals surface area contributed by atoms with Crippen molar-refractivity contribution in [3.05, 3.63) is 24.4 Å². The van der Waals surface area contributed by atoms with Crippen LogP contribution in [0.25, 0.3) is 10.9 Å². The fourth-order valence-corrected chi connectivity index (χ4v) is 2.64. The number of hydrogen-bond acceptors (Lipinski definition) is 5. The predicted octanol–water partition coefficient (Wildman–Crippen LogP) is 3.12. The van der Waals surface area contributed by atoms with Crippen molar-refractivity contribution in [3.63, 3.8) is 0 Å². The molecule has 1 aliphatic rings. The molecule has 2 heterocycles.